The molecule has 0 aromatic heterocycles. The van der Waals surface area contributed by atoms with Crippen molar-refractivity contribution >= 4 is 11.5 Å². The summed E-state index contributed by atoms with van der Waals surface area (Å²) in [5.74, 6) is 1.65. The van der Waals surface area contributed by atoms with E-state index in [0.29, 0.717) is 11.3 Å². The lowest BCUT2D eigenvalue weighted by Gasteiger charge is -2.21. The maximum absolute atomic E-state index is 12.6. The summed E-state index contributed by atoms with van der Waals surface area (Å²) in [7, 11) is 0. The van der Waals surface area contributed by atoms with Crippen LogP contribution >= 0.6 is 0 Å². The van der Waals surface area contributed by atoms with Crippen LogP contribution in [0.3, 0.4) is 0 Å². The van der Waals surface area contributed by atoms with Gasteiger partial charge in [0.1, 0.15) is 5.76 Å². The number of benzene rings is 2. The van der Waals surface area contributed by atoms with Crippen molar-refractivity contribution in [2.45, 2.75) is 73.6 Å². The fourth-order valence-electron chi connectivity index (χ4n) is 4.87. The molecule has 1 aliphatic carbocycles. The molecule has 0 amide bonds. The Hall–Kier alpha value is -3.09. The van der Waals surface area contributed by atoms with E-state index in [1.54, 1.807) is 12.1 Å². The Labute approximate surface area is 212 Å². The second-order valence-electron chi connectivity index (χ2n) is 10.1. The van der Waals surface area contributed by atoms with Gasteiger partial charge in [0.25, 0.3) is 0 Å². The van der Waals surface area contributed by atoms with E-state index in [-0.39, 0.29) is 5.97 Å². The number of carbonyl (C=O) groups is 1. The summed E-state index contributed by atoms with van der Waals surface area (Å²) in [6, 6.07) is 12.0. The standard InChI is InChI=1S/C33H40O2/c1-7-26-18-21-31-27(10-9-11-32(31)30(26)20-14-25(6)22-23(3)4)17-19-29(8-2)35-33(34)28-15-12-24(5)13-16-28/h8-9,12-13,15-19,21,23,25H,7,11,14,20,22H2,1-6H3/b19-17-,29-8+. The zero-order valence-electron chi connectivity index (χ0n) is 22.3. The molecule has 0 N–H and O–H groups in total. The molecule has 0 bridgehead atoms. The van der Waals surface area contributed by atoms with E-state index in [1.807, 2.05) is 44.2 Å². The molecule has 0 fully saturated rings. The first kappa shape index (κ1) is 26.5. The third-order valence-corrected chi connectivity index (χ3v) is 6.72. The van der Waals surface area contributed by atoms with Gasteiger partial charge in [0.05, 0.1) is 5.56 Å². The number of fused-ring (bicyclic) bond motifs is 1. The third-order valence-electron chi connectivity index (χ3n) is 6.72. The van der Waals surface area contributed by atoms with Gasteiger partial charge in [0.2, 0.25) is 0 Å². The molecule has 1 atom stereocenters. The van der Waals surface area contributed by atoms with Crippen molar-refractivity contribution in [2.75, 3.05) is 0 Å². The Morgan fingerprint density at radius 2 is 1.86 bits per heavy atom. The lowest BCUT2D eigenvalue weighted by atomic mass is 9.83. The number of hydrogen-bond acceptors (Lipinski definition) is 2. The molecule has 3 rings (SSSR count). The molecule has 0 aliphatic heterocycles. The van der Waals surface area contributed by atoms with E-state index < -0.39 is 0 Å². The first-order valence-electron chi connectivity index (χ1n) is 13.0. The average molecular weight is 469 g/mol. The van der Waals surface area contributed by atoms with Crippen LogP contribution in [-0.4, -0.2) is 5.97 Å². The minimum absolute atomic E-state index is 0.346. The first-order valence-corrected chi connectivity index (χ1v) is 13.0. The SMILES string of the molecule is C/C=C(\C=C/C1=C=CCc2c1ccc(CC)c2CCC(C)CC(C)C)OC(=O)c1ccc(C)cc1. The van der Waals surface area contributed by atoms with Crippen molar-refractivity contribution in [2.24, 2.45) is 11.8 Å². The maximum atomic E-state index is 12.6. The Morgan fingerprint density at radius 1 is 1.11 bits per heavy atom. The Balaban J connectivity index is 1.79. The molecule has 0 radical (unpaired) electrons. The van der Waals surface area contributed by atoms with Gasteiger partial charge in [-0.15, -0.1) is 5.73 Å². The zero-order valence-corrected chi connectivity index (χ0v) is 22.3. The monoisotopic (exact) mass is 468 g/mol. The zero-order chi connectivity index (χ0) is 25.4. The summed E-state index contributed by atoms with van der Waals surface area (Å²) < 4.78 is 5.65. The van der Waals surface area contributed by atoms with E-state index >= 15 is 0 Å². The van der Waals surface area contributed by atoms with E-state index in [2.05, 4.69) is 51.6 Å². The molecule has 0 saturated heterocycles. The van der Waals surface area contributed by atoms with Gasteiger partial charge in [0, 0.05) is 5.57 Å². The summed E-state index contributed by atoms with van der Waals surface area (Å²) >= 11 is 0. The summed E-state index contributed by atoms with van der Waals surface area (Å²) in [5.41, 5.74) is 11.8. The van der Waals surface area contributed by atoms with Gasteiger partial charge >= 0.3 is 5.97 Å². The molecule has 35 heavy (non-hydrogen) atoms. The normalized spacial score (nSPS) is 14.3. The van der Waals surface area contributed by atoms with Crippen molar-refractivity contribution < 1.29 is 9.53 Å². The van der Waals surface area contributed by atoms with E-state index in [4.69, 9.17) is 4.74 Å². The molecule has 2 nitrogen and oxygen atoms in total. The molecule has 184 valence electrons. The molecular formula is C33H40O2. The first-order chi connectivity index (χ1) is 16.8. The Bertz CT molecular complexity index is 1150. The van der Waals surface area contributed by atoms with Crippen molar-refractivity contribution in [3.63, 3.8) is 0 Å². The number of aryl methyl sites for hydroxylation is 2. The molecule has 0 saturated carbocycles. The van der Waals surface area contributed by atoms with Gasteiger partial charge < -0.3 is 4.74 Å². The maximum Gasteiger partial charge on any atom is 0.343 e. The van der Waals surface area contributed by atoms with Gasteiger partial charge in [-0.3, -0.25) is 0 Å². The van der Waals surface area contributed by atoms with Gasteiger partial charge in [0.15, 0.2) is 0 Å². The molecule has 2 aromatic carbocycles. The number of allylic oxidation sites excluding steroid dienone is 4. The minimum atomic E-state index is -0.346. The lowest BCUT2D eigenvalue weighted by molar-refractivity contribution is 0.0636. The largest absolute Gasteiger partial charge is 0.423 e. The fraction of sp³-hybridized carbons (Fsp3) is 0.394. The van der Waals surface area contributed by atoms with Gasteiger partial charge in [-0.05, 0) is 116 Å². The predicted octanol–water partition coefficient (Wildman–Crippen LogP) is 8.58. The number of hydrogen-bond donors (Lipinski definition) is 0. The summed E-state index contributed by atoms with van der Waals surface area (Å²) in [5, 5.41) is 0. The quantitative estimate of drug-likeness (QED) is 0.151. The van der Waals surface area contributed by atoms with Crippen molar-refractivity contribution in [1.29, 1.82) is 0 Å². The van der Waals surface area contributed by atoms with Crippen molar-refractivity contribution in [1.82, 2.24) is 0 Å². The number of esters is 1. The van der Waals surface area contributed by atoms with E-state index in [1.165, 1.54) is 35.1 Å². The Morgan fingerprint density at radius 3 is 2.51 bits per heavy atom. The molecular weight excluding hydrogens is 428 g/mol. The van der Waals surface area contributed by atoms with Crippen LogP contribution in [0.4, 0.5) is 0 Å². The summed E-state index contributed by atoms with van der Waals surface area (Å²) in [6.45, 7) is 13.1. The number of rotatable bonds is 10. The highest BCUT2D eigenvalue weighted by Gasteiger charge is 2.17. The number of carbonyl (C=O) groups excluding carboxylic acids is 1. The average Bonchev–Trinajstić information content (AvgIpc) is 2.84. The van der Waals surface area contributed by atoms with Crippen LogP contribution in [0.2, 0.25) is 0 Å². The fourth-order valence-corrected chi connectivity index (χ4v) is 4.87. The highest BCUT2D eigenvalue weighted by Crippen LogP contribution is 2.32. The van der Waals surface area contributed by atoms with Crippen LogP contribution < -0.4 is 0 Å². The highest BCUT2D eigenvalue weighted by atomic mass is 16.5. The van der Waals surface area contributed by atoms with Crippen LogP contribution in [-0.2, 0) is 24.0 Å². The molecule has 1 unspecified atom stereocenters. The van der Waals surface area contributed by atoms with Crippen LogP contribution in [0.1, 0.15) is 85.6 Å². The van der Waals surface area contributed by atoms with Crippen molar-refractivity contribution in [3.8, 4) is 0 Å². The molecule has 0 heterocycles. The molecule has 1 aliphatic rings. The summed E-state index contributed by atoms with van der Waals surface area (Å²) in [4.78, 5) is 12.6. The van der Waals surface area contributed by atoms with E-state index in [0.717, 1.165) is 42.2 Å². The molecule has 0 spiro atoms. The van der Waals surface area contributed by atoms with Gasteiger partial charge in [-0.1, -0.05) is 57.5 Å². The van der Waals surface area contributed by atoms with Crippen LogP contribution in [0.5, 0.6) is 0 Å². The van der Waals surface area contributed by atoms with Gasteiger partial charge in [-0.25, -0.2) is 4.79 Å². The summed E-state index contributed by atoms with van der Waals surface area (Å²) in [6.07, 6.45) is 13.4. The molecule has 2 heteroatoms. The second-order valence-corrected chi connectivity index (χ2v) is 10.1. The Kier molecular flexibility index (Phi) is 9.52. The van der Waals surface area contributed by atoms with Crippen molar-refractivity contribution in [3.05, 3.63) is 106 Å². The van der Waals surface area contributed by atoms with Crippen LogP contribution in [0.15, 0.2) is 72.2 Å². The molecule has 2 aromatic rings. The lowest BCUT2D eigenvalue weighted by Crippen LogP contribution is -2.08. The smallest absolute Gasteiger partial charge is 0.343 e. The van der Waals surface area contributed by atoms with Crippen LogP contribution in [0, 0.1) is 18.8 Å². The number of ether oxygens (including phenoxy) is 1. The predicted molar refractivity (Wildman–Crippen MR) is 147 cm³/mol. The third kappa shape index (κ3) is 7.20. The second kappa shape index (κ2) is 12.6. The highest BCUT2D eigenvalue weighted by molar-refractivity contribution is 5.90. The van der Waals surface area contributed by atoms with Gasteiger partial charge in [-0.2, -0.15) is 0 Å². The van der Waals surface area contributed by atoms with Crippen LogP contribution in [0.25, 0.3) is 5.57 Å². The topological polar surface area (TPSA) is 26.3 Å². The minimum Gasteiger partial charge on any atom is -0.423 e. The van der Waals surface area contributed by atoms with E-state index in [9.17, 15) is 4.79 Å².